The van der Waals surface area contributed by atoms with Crippen LogP contribution in [0.5, 0.6) is 5.75 Å². The Balaban J connectivity index is 2.19. The number of halogens is 2. The monoisotopic (exact) mass is 315 g/mol. The van der Waals surface area contributed by atoms with E-state index in [0.29, 0.717) is 17.9 Å². The maximum absolute atomic E-state index is 13.9. The van der Waals surface area contributed by atoms with Gasteiger partial charge in [0.25, 0.3) is 0 Å². The largest absolute Gasteiger partial charge is 0.504 e. The highest BCUT2D eigenvalue weighted by Crippen LogP contribution is 2.32. The molecule has 0 radical (unpaired) electrons. The molecule has 0 bridgehead atoms. The molecule has 0 aliphatic carbocycles. The third kappa shape index (κ3) is 2.16. The highest BCUT2D eigenvalue weighted by atomic mass is 35.5. The lowest BCUT2D eigenvalue weighted by Gasteiger charge is -2.15. The summed E-state index contributed by atoms with van der Waals surface area (Å²) < 4.78 is 17.2. The first-order valence-electron chi connectivity index (χ1n) is 6.10. The maximum atomic E-state index is 13.9. The predicted molar refractivity (Wildman–Crippen MR) is 74.1 cm³/mol. The summed E-state index contributed by atoms with van der Waals surface area (Å²) in [6.07, 6.45) is 1.91. The van der Waals surface area contributed by atoms with Gasteiger partial charge in [-0.05, 0) is 36.3 Å². The Kier molecular flexibility index (Phi) is 3.39. The van der Waals surface area contributed by atoms with Crippen LogP contribution in [-0.4, -0.2) is 14.5 Å². The van der Waals surface area contributed by atoms with E-state index >= 15 is 0 Å². The SMILES string of the molecule is O=c1sc(=Nc2ccc(Cl)c(O)c2F)n2n1CCCC2. The normalized spacial score (nSPS) is 15.4. The van der Waals surface area contributed by atoms with Crippen LogP contribution >= 0.6 is 22.9 Å². The van der Waals surface area contributed by atoms with E-state index in [2.05, 4.69) is 4.99 Å². The van der Waals surface area contributed by atoms with Crippen LogP contribution in [0.2, 0.25) is 5.02 Å². The first kappa shape index (κ1) is 13.4. The molecule has 0 saturated carbocycles. The highest BCUT2D eigenvalue weighted by molar-refractivity contribution is 7.06. The Bertz CT molecular complexity index is 793. The van der Waals surface area contributed by atoms with Crippen molar-refractivity contribution in [3.8, 4) is 5.75 Å². The fourth-order valence-corrected chi connectivity index (χ4v) is 3.17. The third-order valence-corrected chi connectivity index (χ3v) is 4.33. The van der Waals surface area contributed by atoms with Gasteiger partial charge in [-0.15, -0.1) is 0 Å². The van der Waals surface area contributed by atoms with Gasteiger partial charge in [0.2, 0.25) is 4.80 Å². The Morgan fingerprint density at radius 1 is 1.30 bits per heavy atom. The molecule has 0 unspecified atom stereocenters. The van der Waals surface area contributed by atoms with Crippen LogP contribution in [0.1, 0.15) is 12.8 Å². The third-order valence-electron chi connectivity index (χ3n) is 3.15. The average molecular weight is 316 g/mol. The van der Waals surface area contributed by atoms with Crippen LogP contribution in [0.25, 0.3) is 0 Å². The fraction of sp³-hybridized carbons (Fsp3) is 0.333. The van der Waals surface area contributed by atoms with Gasteiger partial charge >= 0.3 is 4.87 Å². The number of rotatable bonds is 1. The molecule has 0 fully saturated rings. The molecule has 3 rings (SSSR count). The van der Waals surface area contributed by atoms with Crippen molar-refractivity contribution in [3.05, 3.63) is 37.4 Å². The predicted octanol–water partition coefficient (Wildman–Crippen LogP) is 2.24. The van der Waals surface area contributed by atoms with Crippen molar-refractivity contribution in [1.82, 2.24) is 9.36 Å². The molecule has 0 atom stereocenters. The van der Waals surface area contributed by atoms with E-state index < -0.39 is 11.6 Å². The van der Waals surface area contributed by atoms with E-state index in [1.54, 1.807) is 9.36 Å². The molecule has 20 heavy (non-hydrogen) atoms. The van der Waals surface area contributed by atoms with E-state index in [0.717, 1.165) is 24.2 Å². The molecular formula is C12H11ClFN3O2S. The Labute approximate surface area is 122 Å². The molecule has 0 spiro atoms. The van der Waals surface area contributed by atoms with Gasteiger partial charge in [0, 0.05) is 13.1 Å². The smallest absolute Gasteiger partial charge is 0.325 e. The number of fused-ring (bicyclic) bond motifs is 1. The van der Waals surface area contributed by atoms with Gasteiger partial charge < -0.3 is 5.11 Å². The van der Waals surface area contributed by atoms with Gasteiger partial charge in [0.05, 0.1) is 5.02 Å². The van der Waals surface area contributed by atoms with E-state index in [9.17, 15) is 14.3 Å². The number of nitrogens with zero attached hydrogens (tertiary/aromatic N) is 3. The minimum absolute atomic E-state index is 0.0328. The molecule has 106 valence electrons. The zero-order valence-corrected chi connectivity index (χ0v) is 11.9. The summed E-state index contributed by atoms with van der Waals surface area (Å²) in [5.41, 5.74) is -0.0328. The molecule has 1 aliphatic heterocycles. The van der Waals surface area contributed by atoms with Crippen LogP contribution in [0.3, 0.4) is 0 Å². The topological polar surface area (TPSA) is 59.5 Å². The van der Waals surface area contributed by atoms with Crippen LogP contribution in [0.15, 0.2) is 21.9 Å². The van der Waals surface area contributed by atoms with E-state index in [-0.39, 0.29) is 15.6 Å². The van der Waals surface area contributed by atoms with Crippen LogP contribution in [0.4, 0.5) is 10.1 Å². The quantitative estimate of drug-likeness (QED) is 0.877. The van der Waals surface area contributed by atoms with Gasteiger partial charge in [0.15, 0.2) is 11.6 Å². The lowest BCUT2D eigenvalue weighted by molar-refractivity contribution is 0.345. The van der Waals surface area contributed by atoms with Crippen molar-refractivity contribution in [2.24, 2.45) is 4.99 Å². The van der Waals surface area contributed by atoms with Gasteiger partial charge in [0.1, 0.15) is 5.69 Å². The number of hydrogen-bond donors (Lipinski definition) is 1. The molecule has 1 aromatic heterocycles. The van der Waals surface area contributed by atoms with Crippen molar-refractivity contribution in [1.29, 1.82) is 0 Å². The molecule has 2 aromatic rings. The summed E-state index contributed by atoms with van der Waals surface area (Å²) in [6.45, 7) is 1.33. The van der Waals surface area contributed by atoms with Gasteiger partial charge in [-0.2, -0.15) is 0 Å². The van der Waals surface area contributed by atoms with Crippen molar-refractivity contribution >= 4 is 28.6 Å². The van der Waals surface area contributed by atoms with Gasteiger partial charge in [-0.25, -0.2) is 14.1 Å². The Morgan fingerprint density at radius 2 is 2.00 bits per heavy atom. The number of phenols is 1. The first-order chi connectivity index (χ1) is 9.58. The summed E-state index contributed by atoms with van der Waals surface area (Å²) in [5, 5.41) is 9.40. The van der Waals surface area contributed by atoms with Gasteiger partial charge in [-0.1, -0.05) is 11.6 Å². The maximum Gasteiger partial charge on any atom is 0.325 e. The molecule has 8 heteroatoms. The van der Waals surface area contributed by atoms with Crippen molar-refractivity contribution in [3.63, 3.8) is 0 Å². The van der Waals surface area contributed by atoms with E-state index in [1.165, 1.54) is 12.1 Å². The standard InChI is InChI=1S/C12H11ClFN3O2S/c13-7-3-4-8(9(14)10(7)18)15-11-16-5-1-2-6-17(16)12(19)20-11/h3-4,18H,1-2,5-6H2. The molecular weight excluding hydrogens is 305 g/mol. The molecule has 0 saturated heterocycles. The Morgan fingerprint density at radius 3 is 2.75 bits per heavy atom. The second-order valence-corrected chi connectivity index (χ2v) is 5.77. The minimum atomic E-state index is -0.881. The van der Waals surface area contributed by atoms with Crippen LogP contribution in [0, 0.1) is 5.82 Å². The zero-order chi connectivity index (χ0) is 14.3. The van der Waals surface area contributed by atoms with Crippen molar-refractivity contribution < 1.29 is 9.50 Å². The molecule has 0 amide bonds. The molecule has 1 aromatic carbocycles. The number of benzene rings is 1. The average Bonchev–Trinajstić information content (AvgIpc) is 2.77. The second-order valence-electron chi connectivity index (χ2n) is 4.44. The summed E-state index contributed by atoms with van der Waals surface area (Å²) in [4.78, 5) is 16.3. The molecule has 5 nitrogen and oxygen atoms in total. The summed E-state index contributed by atoms with van der Waals surface area (Å²) >= 11 is 6.59. The number of phenolic OH excluding ortho intramolecular Hbond substituents is 1. The Hall–Kier alpha value is -1.60. The summed E-state index contributed by atoms with van der Waals surface area (Å²) in [5.74, 6) is -1.51. The van der Waals surface area contributed by atoms with E-state index in [1.807, 2.05) is 0 Å². The van der Waals surface area contributed by atoms with Crippen LogP contribution in [-0.2, 0) is 13.1 Å². The van der Waals surface area contributed by atoms with E-state index in [4.69, 9.17) is 11.6 Å². The molecule has 1 aliphatic rings. The summed E-state index contributed by atoms with van der Waals surface area (Å²) in [7, 11) is 0. The summed E-state index contributed by atoms with van der Waals surface area (Å²) in [6, 6.07) is 2.75. The van der Waals surface area contributed by atoms with Gasteiger partial charge in [-0.3, -0.25) is 9.48 Å². The highest BCUT2D eigenvalue weighted by Gasteiger charge is 2.15. The van der Waals surface area contributed by atoms with Crippen LogP contribution < -0.4 is 9.67 Å². The lowest BCUT2D eigenvalue weighted by atomic mass is 10.3. The zero-order valence-electron chi connectivity index (χ0n) is 10.3. The number of aromatic hydroxyl groups is 1. The second kappa shape index (κ2) is 5.06. The first-order valence-corrected chi connectivity index (χ1v) is 7.30. The number of hydrogen-bond acceptors (Lipinski definition) is 4. The lowest BCUT2D eigenvalue weighted by Crippen LogP contribution is -2.31. The molecule has 1 N–H and O–H groups in total. The fourth-order valence-electron chi connectivity index (χ4n) is 2.14. The molecule has 2 heterocycles. The van der Waals surface area contributed by atoms with Crippen molar-refractivity contribution in [2.75, 3.05) is 0 Å². The number of aromatic nitrogens is 2. The van der Waals surface area contributed by atoms with Crippen molar-refractivity contribution in [2.45, 2.75) is 25.9 Å². The minimum Gasteiger partial charge on any atom is -0.504 e.